The molecule has 0 fully saturated rings. The molecule has 2 aromatic heterocycles. The minimum atomic E-state index is -0.0387. The molecular weight excluding hydrogens is 274 g/mol. The monoisotopic (exact) mass is 285 g/mol. The van der Waals surface area contributed by atoms with E-state index < -0.39 is 0 Å². The van der Waals surface area contributed by atoms with Crippen LogP contribution in [0.2, 0.25) is 0 Å². The summed E-state index contributed by atoms with van der Waals surface area (Å²) >= 11 is 0. The Morgan fingerprint density at radius 2 is 1.55 bits per heavy atom. The summed E-state index contributed by atoms with van der Waals surface area (Å²) in [7, 11) is 0. The van der Waals surface area contributed by atoms with E-state index in [1.54, 1.807) is 4.40 Å². The molecule has 3 aromatic carbocycles. The van der Waals surface area contributed by atoms with E-state index in [-0.39, 0.29) is 5.56 Å². The summed E-state index contributed by atoms with van der Waals surface area (Å²) in [5.41, 5.74) is 2.07. The summed E-state index contributed by atoms with van der Waals surface area (Å²) in [6.45, 7) is 0. The fraction of sp³-hybridized carbons (Fsp3) is 0. The second-order valence-corrected chi connectivity index (χ2v) is 5.45. The summed E-state index contributed by atoms with van der Waals surface area (Å²) in [4.78, 5) is 12.9. The Bertz CT molecular complexity index is 1240. The molecule has 0 bridgehead atoms. The van der Waals surface area contributed by atoms with Crippen LogP contribution in [0.25, 0.3) is 38.4 Å². The summed E-state index contributed by atoms with van der Waals surface area (Å²) in [6, 6.07) is 21.5. The van der Waals surface area contributed by atoms with Crippen molar-refractivity contribution in [2.75, 3.05) is 0 Å². The highest BCUT2D eigenvalue weighted by Gasteiger charge is 2.12. The Morgan fingerprint density at radius 1 is 0.773 bits per heavy atom. The highest BCUT2D eigenvalue weighted by molar-refractivity contribution is 6.04. The van der Waals surface area contributed by atoms with E-state index >= 15 is 0 Å². The quantitative estimate of drug-likeness (QED) is 0.396. The Kier molecular flexibility index (Phi) is 2.09. The van der Waals surface area contributed by atoms with E-state index in [9.17, 15) is 4.79 Å². The lowest BCUT2D eigenvalue weighted by Gasteiger charge is -2.04. The van der Waals surface area contributed by atoms with Crippen molar-refractivity contribution in [2.24, 2.45) is 0 Å². The standard InChI is InChI=1S/C19H11NO2/c21-19-15-10-9-12-5-1-3-7-14(12)18(15)22-17-11-13-6-2-4-8-16(13)20(17)19/h1-11H. The number of rotatable bonds is 0. The van der Waals surface area contributed by atoms with E-state index in [0.717, 1.165) is 21.7 Å². The highest BCUT2D eigenvalue weighted by atomic mass is 16.3. The van der Waals surface area contributed by atoms with Gasteiger partial charge in [0.05, 0.1) is 10.9 Å². The maximum atomic E-state index is 12.9. The van der Waals surface area contributed by atoms with Crippen molar-refractivity contribution in [3.63, 3.8) is 0 Å². The van der Waals surface area contributed by atoms with Crippen LogP contribution in [0.3, 0.4) is 0 Å². The maximum Gasteiger partial charge on any atom is 0.269 e. The third kappa shape index (κ3) is 1.37. The molecule has 0 N–H and O–H groups in total. The Balaban J connectivity index is 2.12. The number of hydrogen-bond donors (Lipinski definition) is 0. The van der Waals surface area contributed by atoms with Crippen molar-refractivity contribution in [3.8, 4) is 0 Å². The average Bonchev–Trinajstić information content (AvgIpc) is 2.93. The molecule has 5 aromatic rings. The van der Waals surface area contributed by atoms with Crippen LogP contribution in [-0.2, 0) is 0 Å². The van der Waals surface area contributed by atoms with Crippen LogP contribution in [0, 0.1) is 0 Å². The normalized spacial score (nSPS) is 11.8. The maximum absolute atomic E-state index is 12.9. The first-order valence-electron chi connectivity index (χ1n) is 7.18. The van der Waals surface area contributed by atoms with Crippen LogP contribution in [0.1, 0.15) is 0 Å². The topological polar surface area (TPSA) is 34.6 Å². The molecule has 0 unspecified atom stereocenters. The lowest BCUT2D eigenvalue weighted by atomic mass is 10.1. The van der Waals surface area contributed by atoms with Gasteiger partial charge in [0, 0.05) is 16.8 Å². The molecule has 5 rings (SSSR count). The van der Waals surface area contributed by atoms with E-state index in [1.807, 2.05) is 66.7 Å². The van der Waals surface area contributed by atoms with E-state index in [2.05, 4.69) is 0 Å². The van der Waals surface area contributed by atoms with Gasteiger partial charge in [-0.1, -0.05) is 48.5 Å². The fourth-order valence-electron chi connectivity index (χ4n) is 3.16. The Hall–Kier alpha value is -3.07. The van der Waals surface area contributed by atoms with Gasteiger partial charge in [-0.05, 0) is 17.5 Å². The van der Waals surface area contributed by atoms with E-state index in [1.165, 1.54) is 0 Å². The molecule has 104 valence electrons. The summed E-state index contributed by atoms with van der Waals surface area (Å²) in [6.07, 6.45) is 0. The first-order chi connectivity index (χ1) is 10.8. The highest BCUT2D eigenvalue weighted by Crippen LogP contribution is 2.27. The smallest absolute Gasteiger partial charge is 0.269 e. The van der Waals surface area contributed by atoms with Gasteiger partial charge in [0.2, 0.25) is 5.71 Å². The molecule has 0 aliphatic heterocycles. The predicted molar refractivity (Wildman–Crippen MR) is 88.5 cm³/mol. The predicted octanol–water partition coefficient (Wildman–Crippen LogP) is 4.35. The molecule has 22 heavy (non-hydrogen) atoms. The first kappa shape index (κ1) is 11.6. The zero-order valence-electron chi connectivity index (χ0n) is 11.6. The van der Waals surface area contributed by atoms with Crippen LogP contribution < -0.4 is 5.56 Å². The number of nitrogens with zero attached hydrogens (tertiary/aromatic N) is 1. The number of para-hydroxylation sites is 1. The van der Waals surface area contributed by atoms with Crippen molar-refractivity contribution in [1.29, 1.82) is 0 Å². The van der Waals surface area contributed by atoms with Crippen molar-refractivity contribution >= 4 is 38.4 Å². The minimum absolute atomic E-state index is 0.0387. The van der Waals surface area contributed by atoms with Gasteiger partial charge in [-0.2, -0.15) is 0 Å². The van der Waals surface area contributed by atoms with Crippen LogP contribution in [0.4, 0.5) is 0 Å². The van der Waals surface area contributed by atoms with Crippen LogP contribution in [-0.4, -0.2) is 4.40 Å². The lowest BCUT2D eigenvalue weighted by Crippen LogP contribution is -2.12. The van der Waals surface area contributed by atoms with E-state index in [0.29, 0.717) is 16.7 Å². The van der Waals surface area contributed by atoms with Crippen molar-refractivity contribution in [1.82, 2.24) is 4.40 Å². The molecule has 0 spiro atoms. The van der Waals surface area contributed by atoms with Gasteiger partial charge in [0.1, 0.15) is 5.58 Å². The zero-order chi connectivity index (χ0) is 14.7. The molecule has 0 aliphatic rings. The molecule has 2 heterocycles. The van der Waals surface area contributed by atoms with Crippen molar-refractivity contribution < 1.29 is 4.42 Å². The summed E-state index contributed by atoms with van der Waals surface area (Å²) in [5.74, 6) is 0. The van der Waals surface area contributed by atoms with Gasteiger partial charge in [-0.15, -0.1) is 0 Å². The molecule has 0 saturated heterocycles. The molecule has 0 atom stereocenters. The molecule has 3 nitrogen and oxygen atoms in total. The summed E-state index contributed by atoms with van der Waals surface area (Å²) in [5, 5.41) is 3.64. The zero-order valence-corrected chi connectivity index (χ0v) is 11.6. The van der Waals surface area contributed by atoms with Gasteiger partial charge < -0.3 is 4.42 Å². The number of fused-ring (bicyclic) bond motifs is 6. The number of hydrogen-bond acceptors (Lipinski definition) is 2. The van der Waals surface area contributed by atoms with Gasteiger partial charge in [0.15, 0.2) is 0 Å². The molecule has 0 amide bonds. The third-order valence-electron chi connectivity index (χ3n) is 4.20. The molecule has 0 aliphatic carbocycles. The van der Waals surface area contributed by atoms with Crippen LogP contribution in [0.5, 0.6) is 0 Å². The Morgan fingerprint density at radius 3 is 2.45 bits per heavy atom. The number of benzene rings is 3. The van der Waals surface area contributed by atoms with Gasteiger partial charge in [0.25, 0.3) is 5.56 Å². The van der Waals surface area contributed by atoms with Crippen molar-refractivity contribution in [2.45, 2.75) is 0 Å². The first-order valence-corrected chi connectivity index (χ1v) is 7.18. The lowest BCUT2D eigenvalue weighted by molar-refractivity contribution is 0.634. The number of aromatic nitrogens is 1. The van der Waals surface area contributed by atoms with Crippen LogP contribution >= 0.6 is 0 Å². The second kappa shape index (κ2) is 3.98. The second-order valence-electron chi connectivity index (χ2n) is 5.45. The molecule has 3 heteroatoms. The van der Waals surface area contributed by atoms with E-state index in [4.69, 9.17) is 4.42 Å². The van der Waals surface area contributed by atoms with Crippen LogP contribution in [0.15, 0.2) is 75.9 Å². The van der Waals surface area contributed by atoms with Gasteiger partial charge in [-0.25, -0.2) is 4.40 Å². The molecule has 0 radical (unpaired) electrons. The SMILES string of the molecule is O=c1c2ccc3ccccc3c2oc2cc3ccccc3n12. The fourth-order valence-corrected chi connectivity index (χ4v) is 3.16. The molecule has 0 saturated carbocycles. The minimum Gasteiger partial charge on any atom is -0.439 e. The molecular formula is C19H11NO2. The third-order valence-corrected chi connectivity index (χ3v) is 4.20. The average molecular weight is 285 g/mol. The summed E-state index contributed by atoms with van der Waals surface area (Å²) < 4.78 is 7.73. The van der Waals surface area contributed by atoms with Gasteiger partial charge in [-0.3, -0.25) is 4.79 Å². The Labute approximate surface area is 125 Å². The largest absolute Gasteiger partial charge is 0.439 e. The van der Waals surface area contributed by atoms with Gasteiger partial charge >= 0.3 is 0 Å². The van der Waals surface area contributed by atoms with Crippen molar-refractivity contribution in [3.05, 3.63) is 77.1 Å².